The third kappa shape index (κ3) is 3.85. The molecular formula is C12H20N4O. The van der Waals surface area contributed by atoms with E-state index < -0.39 is 0 Å². The zero-order chi connectivity index (χ0) is 12.3. The maximum Gasteiger partial charge on any atom is 0.234 e. The van der Waals surface area contributed by atoms with E-state index in [-0.39, 0.29) is 5.91 Å². The molecule has 0 aromatic carbocycles. The Labute approximate surface area is 102 Å². The first-order chi connectivity index (χ1) is 8.15. The van der Waals surface area contributed by atoms with Gasteiger partial charge in [-0.2, -0.15) is 5.10 Å². The lowest BCUT2D eigenvalue weighted by Crippen LogP contribution is -2.34. The number of carbonyl (C=O) groups excluding carboxylic acids is 1. The number of hydrogen-bond donors (Lipinski definition) is 2. The fourth-order valence-corrected chi connectivity index (χ4v) is 1.79. The fraction of sp³-hybridized carbons (Fsp3) is 0.667. The van der Waals surface area contributed by atoms with Crippen molar-refractivity contribution in [2.75, 3.05) is 13.1 Å². The Morgan fingerprint density at radius 3 is 2.94 bits per heavy atom. The summed E-state index contributed by atoms with van der Waals surface area (Å²) in [7, 11) is 1.88. The van der Waals surface area contributed by atoms with Crippen molar-refractivity contribution in [2.24, 2.45) is 13.0 Å². The molecule has 1 fully saturated rings. The van der Waals surface area contributed by atoms with Gasteiger partial charge in [-0.3, -0.25) is 9.48 Å². The summed E-state index contributed by atoms with van der Waals surface area (Å²) in [6.45, 7) is 3.89. The minimum Gasteiger partial charge on any atom is -0.351 e. The monoisotopic (exact) mass is 236 g/mol. The van der Waals surface area contributed by atoms with Gasteiger partial charge in [0.1, 0.15) is 0 Å². The molecule has 0 bridgehead atoms. The Morgan fingerprint density at radius 2 is 2.35 bits per heavy atom. The van der Waals surface area contributed by atoms with E-state index in [0.29, 0.717) is 13.1 Å². The normalized spacial score (nSPS) is 14.9. The summed E-state index contributed by atoms with van der Waals surface area (Å²) >= 11 is 0. The lowest BCUT2D eigenvalue weighted by Gasteiger charge is -2.05. The molecular weight excluding hydrogens is 216 g/mol. The molecule has 1 aromatic rings. The highest BCUT2D eigenvalue weighted by Crippen LogP contribution is 2.27. The SMILES string of the molecule is Cc1nn(C)cc1CNC(=O)CNCC1CC1. The Bertz CT molecular complexity index is 395. The number of carbonyl (C=O) groups is 1. The zero-order valence-electron chi connectivity index (χ0n) is 10.5. The number of aromatic nitrogens is 2. The standard InChI is InChI=1S/C12H20N4O/c1-9-11(8-16(2)15-9)6-14-12(17)7-13-5-10-3-4-10/h8,10,13H,3-7H2,1-2H3,(H,14,17). The van der Waals surface area contributed by atoms with Crippen LogP contribution in [0.25, 0.3) is 0 Å². The topological polar surface area (TPSA) is 59.0 Å². The van der Waals surface area contributed by atoms with Crippen LogP contribution in [0.5, 0.6) is 0 Å². The first-order valence-corrected chi connectivity index (χ1v) is 6.11. The van der Waals surface area contributed by atoms with Crippen molar-refractivity contribution in [1.82, 2.24) is 20.4 Å². The Kier molecular flexibility index (Phi) is 3.78. The minimum atomic E-state index is 0.0499. The first kappa shape index (κ1) is 12.1. The van der Waals surface area contributed by atoms with E-state index in [1.807, 2.05) is 20.2 Å². The third-order valence-corrected chi connectivity index (χ3v) is 3.01. The van der Waals surface area contributed by atoms with Gasteiger partial charge in [-0.15, -0.1) is 0 Å². The Balaban J connectivity index is 1.66. The molecule has 1 amide bonds. The second-order valence-corrected chi connectivity index (χ2v) is 4.76. The number of aryl methyl sites for hydroxylation is 2. The van der Waals surface area contributed by atoms with Crippen LogP contribution in [-0.4, -0.2) is 28.8 Å². The van der Waals surface area contributed by atoms with Crippen LogP contribution < -0.4 is 10.6 Å². The summed E-state index contributed by atoms with van der Waals surface area (Å²) in [4.78, 5) is 11.5. The Hall–Kier alpha value is -1.36. The molecule has 5 nitrogen and oxygen atoms in total. The second-order valence-electron chi connectivity index (χ2n) is 4.76. The van der Waals surface area contributed by atoms with E-state index >= 15 is 0 Å². The van der Waals surface area contributed by atoms with Gasteiger partial charge >= 0.3 is 0 Å². The average Bonchev–Trinajstić information content (AvgIpc) is 3.02. The van der Waals surface area contributed by atoms with Crippen LogP contribution in [0.15, 0.2) is 6.20 Å². The second kappa shape index (κ2) is 5.31. The molecule has 1 saturated carbocycles. The molecule has 0 spiro atoms. The van der Waals surface area contributed by atoms with Crippen molar-refractivity contribution < 1.29 is 4.79 Å². The highest BCUT2D eigenvalue weighted by Gasteiger charge is 2.20. The summed E-state index contributed by atoms with van der Waals surface area (Å²) in [5.41, 5.74) is 2.04. The molecule has 0 atom stereocenters. The number of amides is 1. The summed E-state index contributed by atoms with van der Waals surface area (Å²) in [5, 5.41) is 10.3. The largest absolute Gasteiger partial charge is 0.351 e. The van der Waals surface area contributed by atoms with Crippen LogP contribution in [0.4, 0.5) is 0 Å². The van der Waals surface area contributed by atoms with Gasteiger partial charge in [-0.1, -0.05) is 0 Å². The van der Waals surface area contributed by atoms with E-state index in [4.69, 9.17) is 0 Å². The predicted octanol–water partition coefficient (Wildman–Crippen LogP) is 0.344. The third-order valence-electron chi connectivity index (χ3n) is 3.01. The highest BCUT2D eigenvalue weighted by molar-refractivity contribution is 5.77. The van der Waals surface area contributed by atoms with E-state index in [2.05, 4.69) is 15.7 Å². The quantitative estimate of drug-likeness (QED) is 0.749. The van der Waals surface area contributed by atoms with Gasteiger partial charge in [-0.25, -0.2) is 0 Å². The zero-order valence-corrected chi connectivity index (χ0v) is 10.5. The minimum absolute atomic E-state index is 0.0499. The van der Waals surface area contributed by atoms with Crippen molar-refractivity contribution in [3.8, 4) is 0 Å². The van der Waals surface area contributed by atoms with E-state index in [1.165, 1.54) is 12.8 Å². The number of nitrogens with one attached hydrogen (secondary N) is 2. The molecule has 5 heteroatoms. The van der Waals surface area contributed by atoms with Gasteiger partial charge in [-0.05, 0) is 32.2 Å². The van der Waals surface area contributed by atoms with Crippen molar-refractivity contribution in [1.29, 1.82) is 0 Å². The summed E-state index contributed by atoms with van der Waals surface area (Å²) < 4.78 is 1.77. The maximum atomic E-state index is 11.5. The lowest BCUT2D eigenvalue weighted by molar-refractivity contribution is -0.120. The molecule has 1 aliphatic carbocycles. The van der Waals surface area contributed by atoms with Crippen LogP contribution in [0.3, 0.4) is 0 Å². The average molecular weight is 236 g/mol. The molecule has 0 radical (unpaired) electrons. The van der Waals surface area contributed by atoms with Crippen LogP contribution in [0, 0.1) is 12.8 Å². The summed E-state index contributed by atoms with van der Waals surface area (Å²) in [5.74, 6) is 0.859. The van der Waals surface area contributed by atoms with Gasteiger partial charge in [0.2, 0.25) is 5.91 Å². The van der Waals surface area contributed by atoms with Crippen LogP contribution in [-0.2, 0) is 18.4 Å². The van der Waals surface area contributed by atoms with Crippen molar-refractivity contribution >= 4 is 5.91 Å². The molecule has 0 unspecified atom stereocenters. The maximum absolute atomic E-state index is 11.5. The summed E-state index contributed by atoms with van der Waals surface area (Å²) in [6, 6.07) is 0. The number of rotatable bonds is 6. The molecule has 2 rings (SSSR count). The van der Waals surface area contributed by atoms with Crippen molar-refractivity contribution in [2.45, 2.75) is 26.3 Å². The molecule has 0 aliphatic heterocycles. The fourth-order valence-electron chi connectivity index (χ4n) is 1.79. The molecule has 1 aliphatic rings. The van der Waals surface area contributed by atoms with Gasteiger partial charge in [0, 0.05) is 25.4 Å². The van der Waals surface area contributed by atoms with E-state index in [9.17, 15) is 4.79 Å². The highest BCUT2D eigenvalue weighted by atomic mass is 16.1. The van der Waals surface area contributed by atoms with Gasteiger partial charge in [0.05, 0.1) is 12.2 Å². The van der Waals surface area contributed by atoms with E-state index in [1.54, 1.807) is 4.68 Å². The summed E-state index contributed by atoms with van der Waals surface area (Å²) in [6.07, 6.45) is 4.56. The molecule has 17 heavy (non-hydrogen) atoms. The van der Waals surface area contributed by atoms with Gasteiger partial charge in [0.15, 0.2) is 0 Å². The molecule has 1 aromatic heterocycles. The predicted molar refractivity (Wildman–Crippen MR) is 65.4 cm³/mol. The van der Waals surface area contributed by atoms with Crippen LogP contribution in [0.1, 0.15) is 24.1 Å². The van der Waals surface area contributed by atoms with Crippen LogP contribution >= 0.6 is 0 Å². The Morgan fingerprint density at radius 1 is 1.59 bits per heavy atom. The van der Waals surface area contributed by atoms with Crippen molar-refractivity contribution in [3.05, 3.63) is 17.5 Å². The molecule has 94 valence electrons. The van der Waals surface area contributed by atoms with E-state index in [0.717, 1.165) is 23.7 Å². The molecule has 2 N–H and O–H groups in total. The van der Waals surface area contributed by atoms with Crippen LogP contribution in [0.2, 0.25) is 0 Å². The smallest absolute Gasteiger partial charge is 0.234 e. The number of hydrogen-bond acceptors (Lipinski definition) is 3. The number of nitrogens with zero attached hydrogens (tertiary/aromatic N) is 2. The molecule has 1 heterocycles. The lowest BCUT2D eigenvalue weighted by atomic mass is 10.2. The molecule has 0 saturated heterocycles. The first-order valence-electron chi connectivity index (χ1n) is 6.11. The van der Waals surface area contributed by atoms with Gasteiger partial charge in [0.25, 0.3) is 0 Å². The van der Waals surface area contributed by atoms with Gasteiger partial charge < -0.3 is 10.6 Å². The van der Waals surface area contributed by atoms with Crippen molar-refractivity contribution in [3.63, 3.8) is 0 Å².